The van der Waals surface area contributed by atoms with Gasteiger partial charge in [-0.2, -0.15) is 0 Å². The highest BCUT2D eigenvalue weighted by atomic mass is 32.1. The molecular weight excluding hydrogens is 605 g/mol. The summed E-state index contributed by atoms with van der Waals surface area (Å²) in [6.45, 7) is 14.7. The van der Waals surface area contributed by atoms with Gasteiger partial charge in [-0.25, -0.2) is 4.98 Å². The highest BCUT2D eigenvalue weighted by Crippen LogP contribution is 2.23. The van der Waals surface area contributed by atoms with Crippen molar-refractivity contribution in [1.29, 1.82) is 0 Å². The Morgan fingerprint density at radius 1 is 1.13 bits per heavy atom. The van der Waals surface area contributed by atoms with E-state index in [9.17, 15) is 19.2 Å². The number of hydrogen-bond acceptors (Lipinski definition) is 7. The Balaban J connectivity index is 2.06. The highest BCUT2D eigenvalue weighted by Gasteiger charge is 2.31. The van der Waals surface area contributed by atoms with Crippen molar-refractivity contribution in [3.8, 4) is 0 Å². The van der Waals surface area contributed by atoms with Gasteiger partial charge in [0, 0.05) is 29.8 Å². The molecule has 4 N–H and O–H groups in total. The van der Waals surface area contributed by atoms with Gasteiger partial charge in [0.15, 0.2) is 0 Å². The van der Waals surface area contributed by atoms with Gasteiger partial charge in [-0.15, -0.1) is 11.3 Å². The SMILES string of the molecule is C\C=C/C=C(\C=C/C)CC(CC(C)C=O)NC(=O)c1csc(CCC(NC(=O)C(NC(=O)C2NCCP2)C(C)CC)C(C)C)n1. The van der Waals surface area contributed by atoms with Crippen molar-refractivity contribution in [2.24, 2.45) is 17.8 Å². The third-order valence-electron chi connectivity index (χ3n) is 8.05. The first kappa shape index (κ1) is 38.5. The summed E-state index contributed by atoms with van der Waals surface area (Å²) in [5, 5.41) is 15.1. The van der Waals surface area contributed by atoms with Gasteiger partial charge in [-0.1, -0.05) is 80.0 Å². The lowest BCUT2D eigenvalue weighted by Gasteiger charge is -2.29. The molecule has 0 saturated carbocycles. The molecule has 0 spiro atoms. The Kier molecular flexibility index (Phi) is 17.5. The zero-order valence-corrected chi connectivity index (χ0v) is 29.8. The summed E-state index contributed by atoms with van der Waals surface area (Å²) in [6, 6.07) is -0.932. The second-order valence-electron chi connectivity index (χ2n) is 12.2. The third kappa shape index (κ3) is 13.3. The fraction of sp³-hybridized carbons (Fsp3) is 0.618. The van der Waals surface area contributed by atoms with Crippen molar-refractivity contribution in [2.45, 2.75) is 104 Å². The summed E-state index contributed by atoms with van der Waals surface area (Å²) < 4.78 is 0. The molecule has 250 valence electrons. The van der Waals surface area contributed by atoms with E-state index < -0.39 is 6.04 Å². The molecule has 1 saturated heterocycles. The molecule has 3 amide bonds. The number of amides is 3. The van der Waals surface area contributed by atoms with Gasteiger partial charge in [0.25, 0.3) is 5.91 Å². The van der Waals surface area contributed by atoms with Crippen LogP contribution in [0.25, 0.3) is 0 Å². The topological polar surface area (TPSA) is 129 Å². The van der Waals surface area contributed by atoms with E-state index in [0.29, 0.717) is 40.0 Å². The summed E-state index contributed by atoms with van der Waals surface area (Å²) in [4.78, 5) is 55.5. The molecule has 1 aromatic heterocycles. The number of carbonyl (C=O) groups excluding carboxylic acids is 4. The first-order chi connectivity index (χ1) is 21.5. The maximum absolute atomic E-state index is 13.4. The zero-order valence-electron chi connectivity index (χ0n) is 28.0. The number of rotatable bonds is 19. The number of allylic oxidation sites excluding steroid dienone is 5. The van der Waals surface area contributed by atoms with Gasteiger partial charge in [-0.3, -0.25) is 14.4 Å². The average molecular weight is 660 g/mol. The van der Waals surface area contributed by atoms with Crippen LogP contribution in [-0.2, 0) is 20.8 Å². The first-order valence-electron chi connectivity index (χ1n) is 16.2. The van der Waals surface area contributed by atoms with E-state index in [2.05, 4.69) is 40.1 Å². The molecule has 9 nitrogen and oxygen atoms in total. The molecular formula is C34H54N5O4PS. The number of aryl methyl sites for hydroxylation is 1. The molecule has 0 aromatic carbocycles. The number of aldehydes is 1. The van der Waals surface area contributed by atoms with Crippen LogP contribution >= 0.6 is 19.9 Å². The Morgan fingerprint density at radius 2 is 1.89 bits per heavy atom. The van der Waals surface area contributed by atoms with Crippen molar-refractivity contribution in [3.05, 3.63) is 52.0 Å². The van der Waals surface area contributed by atoms with E-state index in [4.69, 9.17) is 0 Å². The van der Waals surface area contributed by atoms with Crippen molar-refractivity contribution < 1.29 is 19.2 Å². The minimum absolute atomic E-state index is 0.00227. The van der Waals surface area contributed by atoms with Gasteiger partial charge >= 0.3 is 0 Å². The van der Waals surface area contributed by atoms with Gasteiger partial charge in [0.05, 0.1) is 5.01 Å². The Labute approximate surface area is 275 Å². The molecule has 45 heavy (non-hydrogen) atoms. The number of nitrogens with one attached hydrogen (secondary N) is 4. The van der Waals surface area contributed by atoms with E-state index in [1.807, 2.05) is 65.0 Å². The molecule has 2 rings (SSSR count). The lowest BCUT2D eigenvalue weighted by Crippen LogP contribution is -2.55. The normalized spacial score (nSPS) is 19.5. The smallest absolute Gasteiger partial charge is 0.270 e. The van der Waals surface area contributed by atoms with Crippen LogP contribution in [0.15, 0.2) is 41.3 Å². The summed E-state index contributed by atoms with van der Waals surface area (Å²) >= 11 is 1.43. The molecule has 2 heterocycles. The van der Waals surface area contributed by atoms with E-state index in [0.717, 1.165) is 36.0 Å². The minimum Gasteiger partial charge on any atom is -0.351 e. The van der Waals surface area contributed by atoms with Crippen molar-refractivity contribution in [3.63, 3.8) is 0 Å². The van der Waals surface area contributed by atoms with Crippen molar-refractivity contribution in [1.82, 2.24) is 26.3 Å². The Morgan fingerprint density at radius 3 is 2.49 bits per heavy atom. The third-order valence-corrected chi connectivity index (χ3v) is 10.4. The molecule has 0 radical (unpaired) electrons. The highest BCUT2D eigenvalue weighted by molar-refractivity contribution is 7.40. The molecule has 1 aliphatic heterocycles. The van der Waals surface area contributed by atoms with Crippen LogP contribution in [0.4, 0.5) is 0 Å². The molecule has 0 aliphatic carbocycles. The fourth-order valence-electron chi connectivity index (χ4n) is 5.15. The minimum atomic E-state index is -0.595. The monoisotopic (exact) mass is 659 g/mol. The van der Waals surface area contributed by atoms with Crippen LogP contribution in [0, 0.1) is 17.8 Å². The van der Waals surface area contributed by atoms with Gasteiger partial charge in [0.2, 0.25) is 11.8 Å². The summed E-state index contributed by atoms with van der Waals surface area (Å²) in [5.74, 6) is -0.752. The number of carbonyl (C=O) groups is 4. The average Bonchev–Trinajstić information content (AvgIpc) is 3.73. The lowest BCUT2D eigenvalue weighted by atomic mass is 9.95. The van der Waals surface area contributed by atoms with Crippen LogP contribution in [0.1, 0.15) is 89.6 Å². The summed E-state index contributed by atoms with van der Waals surface area (Å²) in [7, 11) is 0.527. The molecule has 7 unspecified atom stereocenters. The summed E-state index contributed by atoms with van der Waals surface area (Å²) in [5.41, 5.74) is 1.42. The van der Waals surface area contributed by atoms with Gasteiger partial charge in [-0.05, 0) is 63.2 Å². The Hall–Kier alpha value is -2.68. The zero-order chi connectivity index (χ0) is 33.4. The van der Waals surface area contributed by atoms with E-state index in [1.54, 1.807) is 5.38 Å². The molecule has 1 aliphatic rings. The quantitative estimate of drug-likeness (QED) is 0.0925. The number of aromatic nitrogens is 1. The second kappa shape index (κ2) is 20.4. The fourth-order valence-corrected chi connectivity index (χ4v) is 7.08. The van der Waals surface area contributed by atoms with Crippen LogP contribution in [0.5, 0.6) is 0 Å². The van der Waals surface area contributed by atoms with Crippen LogP contribution in [0.2, 0.25) is 0 Å². The molecule has 1 fully saturated rings. The maximum Gasteiger partial charge on any atom is 0.270 e. The Bertz CT molecular complexity index is 1190. The van der Waals surface area contributed by atoms with Crippen molar-refractivity contribution in [2.75, 3.05) is 12.7 Å². The number of nitrogens with zero attached hydrogens (tertiary/aromatic N) is 1. The number of hydrogen-bond donors (Lipinski definition) is 4. The molecule has 1 aromatic rings. The van der Waals surface area contributed by atoms with E-state index >= 15 is 0 Å². The standard InChI is InChI=1S/C34H54N5O4PS/c1-8-11-13-25(12-9-2)19-26(18-23(6)20-40)36-31(41)28-21-45-29(37-28)15-14-27(22(4)5)38-32(42)30(24(7)10-3)39-33(43)34-35-16-17-44-34/h8-9,11-13,20-24,26-27,30,34-35,44H,10,14-19H2,1-7H3,(H,36,41)(H,38,42)(H,39,43)/b11-8-,12-9-,25-13+. The van der Waals surface area contributed by atoms with Crippen LogP contribution in [0.3, 0.4) is 0 Å². The van der Waals surface area contributed by atoms with Crippen molar-refractivity contribution >= 4 is 43.9 Å². The van der Waals surface area contributed by atoms with Crippen LogP contribution < -0.4 is 21.3 Å². The maximum atomic E-state index is 13.4. The largest absolute Gasteiger partial charge is 0.351 e. The molecule has 7 atom stereocenters. The molecule has 0 bridgehead atoms. The summed E-state index contributed by atoms with van der Waals surface area (Å²) in [6.07, 6.45) is 15.0. The lowest BCUT2D eigenvalue weighted by molar-refractivity contribution is -0.130. The second-order valence-corrected chi connectivity index (χ2v) is 14.7. The predicted molar refractivity (Wildman–Crippen MR) is 187 cm³/mol. The predicted octanol–water partition coefficient (Wildman–Crippen LogP) is 5.15. The van der Waals surface area contributed by atoms with E-state index in [-0.39, 0.29) is 53.3 Å². The molecule has 11 heteroatoms. The van der Waals surface area contributed by atoms with E-state index in [1.165, 1.54) is 11.3 Å². The van der Waals surface area contributed by atoms with Gasteiger partial charge < -0.3 is 26.1 Å². The van der Waals surface area contributed by atoms with Gasteiger partial charge in [0.1, 0.15) is 23.8 Å². The van der Waals surface area contributed by atoms with Crippen LogP contribution in [-0.4, -0.2) is 65.6 Å². The number of thiazole rings is 1. The first-order valence-corrected chi connectivity index (χ1v) is 18.4.